The zero-order chi connectivity index (χ0) is 23.9. The molecule has 3 aromatic rings. The van der Waals surface area contributed by atoms with Crippen LogP contribution in [0.1, 0.15) is 46.9 Å². The maximum Gasteiger partial charge on any atom is 0.243 e. The summed E-state index contributed by atoms with van der Waals surface area (Å²) in [5.74, 6) is -0.385. The molecule has 4 heterocycles. The van der Waals surface area contributed by atoms with Crippen LogP contribution in [0.5, 0.6) is 0 Å². The molecule has 35 heavy (non-hydrogen) atoms. The van der Waals surface area contributed by atoms with Gasteiger partial charge in [-0.15, -0.1) is 0 Å². The zero-order valence-corrected chi connectivity index (χ0v) is 20.4. The average Bonchev–Trinajstić information content (AvgIpc) is 3.21. The SMILES string of the molecule is O=C1CCC(N2Cc3c(CN4CC=C(c5cccc6cnccc56)CC4)cccc3C2S)C(=O)N1. The highest BCUT2D eigenvalue weighted by molar-refractivity contribution is 7.80. The van der Waals surface area contributed by atoms with Gasteiger partial charge < -0.3 is 0 Å². The van der Waals surface area contributed by atoms with E-state index in [9.17, 15) is 9.59 Å². The second-order valence-electron chi connectivity index (χ2n) is 9.61. The van der Waals surface area contributed by atoms with Gasteiger partial charge >= 0.3 is 0 Å². The molecule has 3 aliphatic heterocycles. The van der Waals surface area contributed by atoms with Gasteiger partial charge in [0.05, 0.1) is 11.4 Å². The van der Waals surface area contributed by atoms with Gasteiger partial charge in [0.1, 0.15) is 0 Å². The minimum absolute atomic E-state index is 0.136. The van der Waals surface area contributed by atoms with Crippen LogP contribution in [0, 0.1) is 0 Å². The van der Waals surface area contributed by atoms with Crippen molar-refractivity contribution < 1.29 is 9.59 Å². The maximum atomic E-state index is 12.5. The summed E-state index contributed by atoms with van der Waals surface area (Å²) in [6.07, 6.45) is 8.09. The average molecular weight is 485 g/mol. The fraction of sp³-hybridized carbons (Fsp3) is 0.321. The molecule has 1 aromatic heterocycles. The first-order chi connectivity index (χ1) is 17.1. The zero-order valence-electron chi connectivity index (χ0n) is 19.5. The highest BCUT2D eigenvalue weighted by Gasteiger charge is 2.39. The molecule has 1 N–H and O–H groups in total. The van der Waals surface area contributed by atoms with Crippen molar-refractivity contribution in [3.8, 4) is 0 Å². The molecule has 2 aromatic carbocycles. The van der Waals surface area contributed by atoms with Gasteiger partial charge in [0.25, 0.3) is 0 Å². The molecular formula is C28H28N4O2S. The number of amides is 2. The van der Waals surface area contributed by atoms with Gasteiger partial charge in [0, 0.05) is 50.4 Å². The van der Waals surface area contributed by atoms with E-state index in [1.54, 1.807) is 0 Å². The topological polar surface area (TPSA) is 65.5 Å². The summed E-state index contributed by atoms with van der Waals surface area (Å²) in [5.41, 5.74) is 6.45. The van der Waals surface area contributed by atoms with E-state index in [0.717, 1.165) is 26.1 Å². The first-order valence-electron chi connectivity index (χ1n) is 12.2. The van der Waals surface area contributed by atoms with E-state index in [0.29, 0.717) is 19.4 Å². The predicted octanol–water partition coefficient (Wildman–Crippen LogP) is 4.07. The lowest BCUT2D eigenvalue weighted by Crippen LogP contribution is -2.51. The Balaban J connectivity index is 1.19. The standard InChI is InChI=1S/C28H28N4O2S/c33-26-8-7-25(27(34)30-26)32-17-24-20(4-2-6-23(24)28(32)35)16-31-13-10-18(11-14-31)21-5-1-3-19-15-29-12-9-22(19)21/h1-6,9-10,12,15,25,28,35H,7-8,11,13-14,16-17H2,(H,30,33,34). The van der Waals surface area contributed by atoms with Gasteiger partial charge in [-0.1, -0.05) is 42.5 Å². The van der Waals surface area contributed by atoms with Gasteiger partial charge in [-0.3, -0.25) is 29.7 Å². The van der Waals surface area contributed by atoms with Crippen molar-refractivity contribution in [2.45, 2.75) is 43.8 Å². The molecule has 1 saturated heterocycles. The highest BCUT2D eigenvalue weighted by Crippen LogP contribution is 2.41. The molecule has 2 amide bonds. The van der Waals surface area contributed by atoms with Crippen molar-refractivity contribution in [2.24, 2.45) is 0 Å². The molecule has 2 unspecified atom stereocenters. The van der Waals surface area contributed by atoms with Gasteiger partial charge in [-0.2, -0.15) is 12.6 Å². The first-order valence-corrected chi connectivity index (χ1v) is 12.7. The third-order valence-corrected chi connectivity index (χ3v) is 8.14. The summed E-state index contributed by atoms with van der Waals surface area (Å²) in [5, 5.41) is 4.79. The number of aromatic nitrogens is 1. The minimum Gasteiger partial charge on any atom is -0.295 e. The number of pyridine rings is 1. The Labute approximate surface area is 210 Å². The number of nitrogens with zero attached hydrogens (tertiary/aromatic N) is 3. The number of carbonyl (C=O) groups is 2. The smallest absolute Gasteiger partial charge is 0.243 e. The van der Waals surface area contributed by atoms with E-state index in [1.807, 2.05) is 12.4 Å². The third kappa shape index (κ3) is 4.18. The van der Waals surface area contributed by atoms with Crippen molar-refractivity contribution in [3.63, 3.8) is 0 Å². The number of fused-ring (bicyclic) bond motifs is 2. The summed E-state index contributed by atoms with van der Waals surface area (Å²) in [6.45, 7) is 3.46. The number of rotatable bonds is 4. The minimum atomic E-state index is -0.313. The third-order valence-electron chi connectivity index (χ3n) is 7.57. The number of hydrogen-bond donors (Lipinski definition) is 2. The van der Waals surface area contributed by atoms with Gasteiger partial charge in [0.15, 0.2) is 0 Å². The van der Waals surface area contributed by atoms with Crippen molar-refractivity contribution in [3.05, 3.63) is 83.2 Å². The molecule has 2 atom stereocenters. The number of hydrogen-bond acceptors (Lipinski definition) is 6. The Hall–Kier alpha value is -3.00. The van der Waals surface area contributed by atoms with Gasteiger partial charge in [-0.05, 0) is 52.1 Å². The number of nitrogens with one attached hydrogen (secondary N) is 1. The van der Waals surface area contributed by atoms with E-state index < -0.39 is 0 Å². The molecule has 1 fully saturated rings. The number of piperidine rings is 1. The monoisotopic (exact) mass is 484 g/mol. The van der Waals surface area contributed by atoms with Crippen molar-refractivity contribution in [1.29, 1.82) is 0 Å². The Morgan fingerprint density at radius 2 is 1.97 bits per heavy atom. The largest absolute Gasteiger partial charge is 0.295 e. The van der Waals surface area contributed by atoms with Crippen LogP contribution in [0.2, 0.25) is 0 Å². The van der Waals surface area contributed by atoms with Crippen LogP contribution in [0.3, 0.4) is 0 Å². The van der Waals surface area contributed by atoms with Crippen molar-refractivity contribution in [2.75, 3.05) is 13.1 Å². The van der Waals surface area contributed by atoms with Crippen LogP contribution in [0.4, 0.5) is 0 Å². The predicted molar refractivity (Wildman–Crippen MR) is 139 cm³/mol. The molecular weight excluding hydrogens is 456 g/mol. The maximum absolute atomic E-state index is 12.5. The molecule has 3 aliphatic rings. The van der Waals surface area contributed by atoms with Crippen LogP contribution in [-0.2, 0) is 22.7 Å². The molecule has 0 radical (unpaired) electrons. The van der Waals surface area contributed by atoms with Crippen LogP contribution in [-0.4, -0.2) is 45.7 Å². The van der Waals surface area contributed by atoms with E-state index in [4.69, 9.17) is 12.6 Å². The normalized spacial score (nSPS) is 23.3. The van der Waals surface area contributed by atoms with Crippen LogP contribution in [0.25, 0.3) is 16.3 Å². The molecule has 178 valence electrons. The lowest BCUT2D eigenvalue weighted by Gasteiger charge is -2.32. The number of benzene rings is 2. The van der Waals surface area contributed by atoms with Crippen molar-refractivity contribution in [1.82, 2.24) is 20.1 Å². The van der Waals surface area contributed by atoms with Crippen LogP contribution >= 0.6 is 12.6 Å². The Kier molecular flexibility index (Phi) is 5.92. The van der Waals surface area contributed by atoms with E-state index >= 15 is 0 Å². The van der Waals surface area contributed by atoms with Crippen molar-refractivity contribution >= 4 is 40.8 Å². The summed E-state index contributed by atoms with van der Waals surface area (Å²) in [6, 6.07) is 14.6. The molecule has 0 saturated carbocycles. The van der Waals surface area contributed by atoms with E-state index in [1.165, 1.54) is 38.6 Å². The first kappa shape index (κ1) is 22.5. The van der Waals surface area contributed by atoms with Gasteiger partial charge in [0.2, 0.25) is 11.8 Å². The molecule has 0 spiro atoms. The van der Waals surface area contributed by atoms with E-state index in [2.05, 4.69) is 68.6 Å². The summed E-state index contributed by atoms with van der Waals surface area (Å²) >= 11 is 4.87. The number of imide groups is 1. The second kappa shape index (κ2) is 9.22. The summed E-state index contributed by atoms with van der Waals surface area (Å²) in [7, 11) is 0. The van der Waals surface area contributed by atoms with Gasteiger partial charge in [-0.25, -0.2) is 0 Å². The highest BCUT2D eigenvalue weighted by atomic mass is 32.1. The number of carbonyl (C=O) groups excluding carboxylic acids is 2. The Morgan fingerprint density at radius 3 is 2.80 bits per heavy atom. The lowest BCUT2D eigenvalue weighted by molar-refractivity contribution is -0.137. The Morgan fingerprint density at radius 1 is 1.09 bits per heavy atom. The summed E-state index contributed by atoms with van der Waals surface area (Å²) in [4.78, 5) is 33.0. The summed E-state index contributed by atoms with van der Waals surface area (Å²) < 4.78 is 0. The van der Waals surface area contributed by atoms with E-state index in [-0.39, 0.29) is 23.2 Å². The molecule has 6 rings (SSSR count). The molecule has 0 bridgehead atoms. The lowest BCUT2D eigenvalue weighted by atomic mass is 9.94. The van der Waals surface area contributed by atoms with Crippen LogP contribution < -0.4 is 5.32 Å². The molecule has 6 nitrogen and oxygen atoms in total. The number of thiol groups is 1. The fourth-order valence-electron chi connectivity index (χ4n) is 5.71. The Bertz CT molecular complexity index is 1350. The second-order valence-corrected chi connectivity index (χ2v) is 10.1. The fourth-order valence-corrected chi connectivity index (χ4v) is 6.19. The molecule has 0 aliphatic carbocycles. The quantitative estimate of drug-likeness (QED) is 0.432. The molecule has 7 heteroatoms. The van der Waals surface area contributed by atoms with Crippen LogP contribution in [0.15, 0.2) is 60.9 Å².